The van der Waals surface area contributed by atoms with Gasteiger partial charge in [-0.05, 0) is 46.0 Å². The molecule has 1 saturated carbocycles. The third-order valence-electron chi connectivity index (χ3n) is 9.15. The number of hydrogen-bond acceptors (Lipinski definition) is 11. The number of carbonyl (C=O) groups excluding carboxylic acids is 4. The van der Waals surface area contributed by atoms with Crippen molar-refractivity contribution in [1.82, 2.24) is 0 Å². The second-order valence-corrected chi connectivity index (χ2v) is 13.1. The highest BCUT2D eigenvalue weighted by molar-refractivity contribution is 5.70. The minimum Gasteiger partial charge on any atom is -0.460 e. The first kappa shape index (κ1) is 33.3. The Labute approximate surface area is 242 Å². The van der Waals surface area contributed by atoms with E-state index in [-0.39, 0.29) is 31.6 Å². The van der Waals surface area contributed by atoms with E-state index in [0.29, 0.717) is 6.42 Å². The maximum absolute atomic E-state index is 13.0. The zero-order chi connectivity index (χ0) is 31.1. The molecule has 2 N–H and O–H groups in total. The predicted molar refractivity (Wildman–Crippen MR) is 145 cm³/mol. The van der Waals surface area contributed by atoms with E-state index in [0.717, 1.165) is 0 Å². The van der Waals surface area contributed by atoms with E-state index in [1.807, 2.05) is 20.8 Å². The van der Waals surface area contributed by atoms with Gasteiger partial charge in [0.25, 0.3) is 0 Å². The van der Waals surface area contributed by atoms with E-state index in [2.05, 4.69) is 0 Å². The Balaban J connectivity index is 2.26. The van der Waals surface area contributed by atoms with Crippen molar-refractivity contribution >= 4 is 23.9 Å². The smallest absolute Gasteiger partial charge is 0.306 e. The summed E-state index contributed by atoms with van der Waals surface area (Å²) in [5.74, 6) is -4.10. The fraction of sp³-hybridized carbons (Fsp3) is 0.867. The molecule has 11 nitrogen and oxygen atoms in total. The molecule has 2 heterocycles. The summed E-state index contributed by atoms with van der Waals surface area (Å²) < 4.78 is 29.9. The third-order valence-corrected chi connectivity index (χ3v) is 9.15. The van der Waals surface area contributed by atoms with Crippen LogP contribution in [-0.2, 0) is 42.9 Å². The number of esters is 4. The normalized spacial score (nSPS) is 42.2. The van der Waals surface area contributed by atoms with Crippen LogP contribution in [0, 0.1) is 23.7 Å². The monoisotopic (exact) mass is 584 g/mol. The lowest BCUT2D eigenvalue weighted by Crippen LogP contribution is -2.68. The molecule has 2 bridgehead atoms. The fourth-order valence-corrected chi connectivity index (χ4v) is 7.62. The summed E-state index contributed by atoms with van der Waals surface area (Å²) in [5.41, 5.74) is -4.59. The molecule has 0 aromatic heterocycles. The van der Waals surface area contributed by atoms with Gasteiger partial charge in [-0.1, -0.05) is 20.8 Å². The molecule has 3 rings (SSSR count). The van der Waals surface area contributed by atoms with Gasteiger partial charge in [-0.2, -0.15) is 0 Å². The highest BCUT2D eigenvalue weighted by atomic mass is 16.6. The average molecular weight is 585 g/mol. The maximum Gasteiger partial charge on any atom is 0.306 e. The summed E-state index contributed by atoms with van der Waals surface area (Å²) in [7, 11) is 0. The zero-order valence-corrected chi connectivity index (χ0v) is 25.8. The first-order chi connectivity index (χ1) is 18.9. The van der Waals surface area contributed by atoms with Crippen molar-refractivity contribution < 1.29 is 53.1 Å². The molecular formula is C30H48O11. The number of ether oxygens (including phenoxy) is 5. The van der Waals surface area contributed by atoms with Crippen molar-refractivity contribution in [2.75, 3.05) is 0 Å². The molecule has 0 radical (unpaired) electrons. The summed E-state index contributed by atoms with van der Waals surface area (Å²) in [6, 6.07) is 0. The van der Waals surface area contributed by atoms with E-state index < -0.39 is 89.0 Å². The Morgan fingerprint density at radius 1 is 0.951 bits per heavy atom. The van der Waals surface area contributed by atoms with Crippen LogP contribution in [0.5, 0.6) is 0 Å². The lowest BCUT2D eigenvalue weighted by molar-refractivity contribution is -0.242. The van der Waals surface area contributed by atoms with E-state index >= 15 is 0 Å². The van der Waals surface area contributed by atoms with E-state index in [1.165, 1.54) is 27.7 Å². The van der Waals surface area contributed by atoms with Crippen molar-refractivity contribution in [2.24, 2.45) is 23.7 Å². The van der Waals surface area contributed by atoms with Gasteiger partial charge >= 0.3 is 23.9 Å². The van der Waals surface area contributed by atoms with Gasteiger partial charge in [0.2, 0.25) is 0 Å². The highest BCUT2D eigenvalue weighted by Gasteiger charge is 2.70. The van der Waals surface area contributed by atoms with Crippen molar-refractivity contribution in [3.05, 3.63) is 0 Å². The van der Waals surface area contributed by atoms with Gasteiger partial charge < -0.3 is 33.9 Å². The number of fused-ring (bicyclic) bond motifs is 5. The van der Waals surface area contributed by atoms with Crippen LogP contribution in [0.15, 0.2) is 0 Å². The number of hydrogen-bond donors (Lipinski definition) is 2. The summed E-state index contributed by atoms with van der Waals surface area (Å²) in [5, 5.41) is 23.9. The fourth-order valence-electron chi connectivity index (χ4n) is 7.62. The molecule has 41 heavy (non-hydrogen) atoms. The van der Waals surface area contributed by atoms with Gasteiger partial charge in [0.1, 0.15) is 35.1 Å². The SMILES string of the molecule is CCCC(=O)OC1(C)CCC(OC(C)=O)C(C)(O)CC2OC1C1C(C(C)C)C(OC(C)=O)C(OC(C)=O)C(C)(O)C21. The molecule has 2 saturated heterocycles. The van der Waals surface area contributed by atoms with Gasteiger partial charge in [-0.3, -0.25) is 19.2 Å². The molecule has 11 heteroatoms. The first-order valence-corrected chi connectivity index (χ1v) is 14.7. The average Bonchev–Trinajstić information content (AvgIpc) is 3.18. The largest absolute Gasteiger partial charge is 0.460 e. The topological polar surface area (TPSA) is 155 Å². The summed E-state index contributed by atoms with van der Waals surface area (Å²) in [6.07, 6.45) is -3.64. The van der Waals surface area contributed by atoms with Gasteiger partial charge in [-0.25, -0.2) is 0 Å². The zero-order valence-electron chi connectivity index (χ0n) is 25.8. The van der Waals surface area contributed by atoms with Crippen LogP contribution in [0.25, 0.3) is 0 Å². The summed E-state index contributed by atoms with van der Waals surface area (Å²) in [4.78, 5) is 49.6. The van der Waals surface area contributed by atoms with Crippen LogP contribution in [-0.4, -0.2) is 81.4 Å². The van der Waals surface area contributed by atoms with Crippen LogP contribution >= 0.6 is 0 Å². The first-order valence-electron chi connectivity index (χ1n) is 14.7. The molecule has 234 valence electrons. The highest BCUT2D eigenvalue weighted by Crippen LogP contribution is 2.59. The van der Waals surface area contributed by atoms with E-state index in [1.54, 1.807) is 13.8 Å². The molecule has 0 aromatic rings. The standard InChI is InChI=1S/C30H48O11/c1-10-11-21(34)41-29(8)13-12-20(37-16(4)31)28(7,35)14-19-24-23(26(29)40-19)22(15(2)3)25(38-17(5)32)27(30(24,9)36)39-18(6)33/h15,19-20,22-27,35-36H,10-14H2,1-9H3. The Morgan fingerprint density at radius 3 is 2.05 bits per heavy atom. The predicted octanol–water partition coefficient (Wildman–Crippen LogP) is 2.86. The Morgan fingerprint density at radius 2 is 1.54 bits per heavy atom. The minimum atomic E-state index is -1.78. The number of carbonyl (C=O) groups is 4. The molecular weight excluding hydrogens is 536 g/mol. The molecule has 0 amide bonds. The lowest BCUT2D eigenvalue weighted by atomic mass is 9.55. The molecule has 11 unspecified atom stereocenters. The minimum absolute atomic E-state index is 0.0202. The van der Waals surface area contributed by atoms with Gasteiger partial charge in [0, 0.05) is 51.4 Å². The number of rotatable bonds is 7. The second-order valence-electron chi connectivity index (χ2n) is 13.1. The van der Waals surface area contributed by atoms with Gasteiger partial charge in [-0.15, -0.1) is 0 Å². The molecule has 11 atom stereocenters. The molecule has 1 aliphatic carbocycles. The van der Waals surface area contributed by atoms with Gasteiger partial charge in [0.05, 0.1) is 6.10 Å². The van der Waals surface area contributed by atoms with Crippen LogP contribution in [0.2, 0.25) is 0 Å². The van der Waals surface area contributed by atoms with Crippen LogP contribution in [0.3, 0.4) is 0 Å². The maximum atomic E-state index is 13.0. The van der Waals surface area contributed by atoms with E-state index in [4.69, 9.17) is 23.7 Å². The summed E-state index contributed by atoms with van der Waals surface area (Å²) >= 11 is 0. The third kappa shape index (κ3) is 6.72. The molecule has 0 spiro atoms. The lowest BCUT2D eigenvalue weighted by Gasteiger charge is -2.55. The molecule has 3 aliphatic rings. The number of aliphatic hydroxyl groups is 2. The Bertz CT molecular complexity index is 1000. The van der Waals surface area contributed by atoms with Crippen molar-refractivity contribution in [2.45, 2.75) is 142 Å². The Hall–Kier alpha value is -2.24. The quantitative estimate of drug-likeness (QED) is 0.335. The summed E-state index contributed by atoms with van der Waals surface area (Å²) in [6.45, 7) is 14.4. The van der Waals surface area contributed by atoms with Crippen LogP contribution < -0.4 is 0 Å². The van der Waals surface area contributed by atoms with E-state index in [9.17, 15) is 29.4 Å². The van der Waals surface area contributed by atoms with Crippen molar-refractivity contribution in [3.8, 4) is 0 Å². The second kappa shape index (κ2) is 12.2. The Kier molecular flexibility index (Phi) is 9.87. The van der Waals surface area contributed by atoms with Crippen molar-refractivity contribution in [1.29, 1.82) is 0 Å². The van der Waals surface area contributed by atoms with Crippen LogP contribution in [0.4, 0.5) is 0 Å². The molecule has 0 aromatic carbocycles. The molecule has 2 aliphatic heterocycles. The van der Waals surface area contributed by atoms with Crippen LogP contribution in [0.1, 0.15) is 94.4 Å². The molecule has 3 fully saturated rings. The van der Waals surface area contributed by atoms with Crippen molar-refractivity contribution in [3.63, 3.8) is 0 Å². The van der Waals surface area contributed by atoms with Gasteiger partial charge in [0.15, 0.2) is 6.10 Å².